The predicted octanol–water partition coefficient (Wildman–Crippen LogP) is 14.4. The highest BCUT2D eigenvalue weighted by Crippen LogP contribution is 2.56. The van der Waals surface area contributed by atoms with Crippen LogP contribution in [0.4, 0.5) is 17.1 Å². The Bertz CT molecular complexity index is 2990. The summed E-state index contributed by atoms with van der Waals surface area (Å²) in [5.41, 5.74) is 18.9. The molecule has 2 aliphatic carbocycles. The molecule has 0 spiro atoms. The number of nitrogens with zero attached hydrogens (tertiary/aromatic N) is 1. The van der Waals surface area contributed by atoms with Gasteiger partial charge in [-0.2, -0.15) is 0 Å². The Kier molecular flexibility index (Phi) is 6.76. The van der Waals surface area contributed by atoms with Crippen LogP contribution in [0.3, 0.4) is 0 Å². The number of benzene rings is 8. The third-order valence-corrected chi connectivity index (χ3v) is 12.6. The quantitative estimate of drug-likeness (QED) is 0.177. The van der Waals surface area contributed by atoms with E-state index in [-0.39, 0.29) is 10.8 Å². The zero-order valence-electron chi connectivity index (χ0n) is 31.2. The molecule has 0 radical (unpaired) electrons. The van der Waals surface area contributed by atoms with Crippen molar-refractivity contribution in [2.45, 2.75) is 31.6 Å². The summed E-state index contributed by atoms with van der Waals surface area (Å²) < 4.78 is 6.42. The normalized spacial score (nSPS) is 16.1. The zero-order chi connectivity index (χ0) is 36.9. The Labute approximate surface area is 322 Å². The van der Waals surface area contributed by atoms with E-state index < -0.39 is 0 Å². The van der Waals surface area contributed by atoms with Gasteiger partial charge in [-0.3, -0.25) is 0 Å². The van der Waals surface area contributed by atoms with Gasteiger partial charge in [0.15, 0.2) is 0 Å². The number of anilines is 3. The monoisotopic (exact) mass is 705 g/mol. The summed E-state index contributed by atoms with van der Waals surface area (Å²) in [5.74, 6) is 0. The summed E-state index contributed by atoms with van der Waals surface area (Å²) in [5, 5.41) is 2.26. The van der Waals surface area contributed by atoms with Crippen molar-refractivity contribution in [2.75, 3.05) is 4.90 Å². The van der Waals surface area contributed by atoms with Crippen molar-refractivity contribution in [1.29, 1.82) is 0 Å². The van der Waals surface area contributed by atoms with Crippen LogP contribution in [0.15, 0.2) is 186 Å². The molecule has 2 nitrogen and oxygen atoms in total. The molecule has 1 heterocycles. The molecule has 9 aromatic rings. The van der Waals surface area contributed by atoms with Gasteiger partial charge < -0.3 is 9.32 Å². The highest BCUT2D eigenvalue weighted by Gasteiger charge is 2.41. The zero-order valence-corrected chi connectivity index (χ0v) is 31.2. The van der Waals surface area contributed by atoms with Crippen LogP contribution >= 0.6 is 0 Å². The van der Waals surface area contributed by atoms with Gasteiger partial charge in [0, 0.05) is 38.5 Å². The van der Waals surface area contributed by atoms with E-state index in [0.29, 0.717) is 0 Å². The Balaban J connectivity index is 1.18. The summed E-state index contributed by atoms with van der Waals surface area (Å²) >= 11 is 0. The molecule has 0 saturated carbocycles. The van der Waals surface area contributed by atoms with E-state index in [0.717, 1.165) is 50.1 Å². The average Bonchev–Trinajstić information content (AvgIpc) is 3.82. The number of para-hydroxylation sites is 2. The molecule has 0 fully saturated rings. The van der Waals surface area contributed by atoms with E-state index >= 15 is 0 Å². The largest absolute Gasteiger partial charge is 0.456 e. The lowest BCUT2D eigenvalue weighted by atomic mass is 9.74. The maximum atomic E-state index is 6.42. The van der Waals surface area contributed by atoms with E-state index in [2.05, 4.69) is 202 Å². The van der Waals surface area contributed by atoms with Crippen molar-refractivity contribution in [1.82, 2.24) is 0 Å². The first-order valence-electron chi connectivity index (χ1n) is 19.3. The van der Waals surface area contributed by atoms with Crippen LogP contribution in [-0.2, 0) is 10.8 Å². The second-order valence-electron chi connectivity index (χ2n) is 15.8. The van der Waals surface area contributed by atoms with Crippen LogP contribution in [0.25, 0.3) is 55.3 Å². The standard InChI is InChI=1S/C53H39NO/c1-52(2)44-23-11-7-18-37(44)39-30-28-35(32-46(39)52)54(48-25-13-9-20-41(48)42-22-15-27-50-51(42)43-21-10-14-26-49(43)55-50)36-29-31-40-38-19-8-12-24-45(38)53(3,47(40)33-36)34-16-5-4-6-17-34/h4-33H,1-3H3. The van der Waals surface area contributed by atoms with Gasteiger partial charge in [0.25, 0.3) is 0 Å². The molecule has 1 atom stereocenters. The minimum absolute atomic E-state index is 0.139. The van der Waals surface area contributed by atoms with E-state index in [9.17, 15) is 0 Å². The number of furan rings is 1. The molecular formula is C53H39NO. The van der Waals surface area contributed by atoms with Gasteiger partial charge >= 0.3 is 0 Å². The molecule has 2 heteroatoms. The van der Waals surface area contributed by atoms with Crippen LogP contribution in [-0.4, -0.2) is 0 Å². The predicted molar refractivity (Wildman–Crippen MR) is 229 cm³/mol. The van der Waals surface area contributed by atoms with Gasteiger partial charge in [0.1, 0.15) is 11.2 Å². The number of hydrogen-bond acceptors (Lipinski definition) is 2. The fraction of sp³-hybridized carbons (Fsp3) is 0.0943. The van der Waals surface area contributed by atoms with Gasteiger partial charge in [-0.25, -0.2) is 0 Å². The topological polar surface area (TPSA) is 16.4 Å². The Morgan fingerprint density at radius 1 is 0.400 bits per heavy atom. The first-order valence-corrected chi connectivity index (χ1v) is 19.3. The van der Waals surface area contributed by atoms with Crippen molar-refractivity contribution in [3.8, 4) is 33.4 Å². The maximum Gasteiger partial charge on any atom is 0.136 e. The molecule has 0 amide bonds. The van der Waals surface area contributed by atoms with E-state index in [1.165, 1.54) is 50.1 Å². The van der Waals surface area contributed by atoms with Gasteiger partial charge in [-0.15, -0.1) is 0 Å². The first-order chi connectivity index (χ1) is 26.9. The highest BCUT2D eigenvalue weighted by molar-refractivity contribution is 6.14. The molecule has 11 rings (SSSR count). The molecule has 0 aliphatic heterocycles. The van der Waals surface area contributed by atoms with Crippen molar-refractivity contribution in [2.24, 2.45) is 0 Å². The van der Waals surface area contributed by atoms with Crippen molar-refractivity contribution in [3.63, 3.8) is 0 Å². The SMILES string of the molecule is CC1(C)c2ccccc2-c2ccc(N(c3ccc4c(c3)C(C)(c3ccccc3)c3ccccc3-4)c3ccccc3-c3cccc4oc5ccccc5c34)cc21. The number of hydrogen-bond donors (Lipinski definition) is 0. The summed E-state index contributed by atoms with van der Waals surface area (Å²) in [7, 11) is 0. The van der Waals surface area contributed by atoms with Crippen LogP contribution in [0.1, 0.15) is 48.6 Å². The fourth-order valence-electron chi connectivity index (χ4n) is 9.86. The molecular weight excluding hydrogens is 667 g/mol. The number of fused-ring (bicyclic) bond motifs is 9. The van der Waals surface area contributed by atoms with Crippen molar-refractivity contribution in [3.05, 3.63) is 210 Å². The maximum absolute atomic E-state index is 6.42. The lowest BCUT2D eigenvalue weighted by molar-refractivity contribution is 0.660. The second-order valence-corrected chi connectivity index (χ2v) is 15.8. The lowest BCUT2D eigenvalue weighted by Gasteiger charge is -2.32. The Morgan fingerprint density at radius 2 is 0.945 bits per heavy atom. The van der Waals surface area contributed by atoms with Crippen LogP contribution in [0, 0.1) is 0 Å². The molecule has 0 saturated heterocycles. The van der Waals surface area contributed by atoms with Gasteiger partial charge in [-0.05, 0) is 105 Å². The van der Waals surface area contributed by atoms with E-state index in [1.54, 1.807) is 0 Å². The smallest absolute Gasteiger partial charge is 0.136 e. The lowest BCUT2D eigenvalue weighted by Crippen LogP contribution is -2.23. The average molecular weight is 706 g/mol. The molecule has 55 heavy (non-hydrogen) atoms. The third kappa shape index (κ3) is 4.49. The van der Waals surface area contributed by atoms with Crippen molar-refractivity contribution < 1.29 is 4.42 Å². The minimum atomic E-state index is -0.322. The second kappa shape index (κ2) is 11.7. The molecule has 0 N–H and O–H groups in total. The van der Waals surface area contributed by atoms with Gasteiger partial charge in [0.05, 0.1) is 5.69 Å². The minimum Gasteiger partial charge on any atom is -0.456 e. The summed E-state index contributed by atoms with van der Waals surface area (Å²) in [4.78, 5) is 2.49. The molecule has 2 aliphatic rings. The van der Waals surface area contributed by atoms with E-state index in [1.807, 2.05) is 6.07 Å². The Morgan fingerprint density at radius 3 is 1.73 bits per heavy atom. The van der Waals surface area contributed by atoms with Gasteiger partial charge in [0.2, 0.25) is 0 Å². The summed E-state index contributed by atoms with van der Waals surface area (Å²) in [6, 6.07) is 66.8. The summed E-state index contributed by atoms with van der Waals surface area (Å²) in [6.07, 6.45) is 0. The molecule has 262 valence electrons. The highest BCUT2D eigenvalue weighted by atomic mass is 16.3. The van der Waals surface area contributed by atoms with Gasteiger partial charge in [-0.1, -0.05) is 153 Å². The third-order valence-electron chi connectivity index (χ3n) is 12.6. The molecule has 8 aromatic carbocycles. The molecule has 1 unspecified atom stereocenters. The molecule has 0 bridgehead atoms. The fourth-order valence-corrected chi connectivity index (χ4v) is 9.86. The van der Waals surface area contributed by atoms with Crippen LogP contribution < -0.4 is 4.90 Å². The Hall–Kier alpha value is -6.64. The van der Waals surface area contributed by atoms with E-state index in [4.69, 9.17) is 4.42 Å². The number of rotatable bonds is 5. The van der Waals surface area contributed by atoms with Crippen molar-refractivity contribution >= 4 is 39.0 Å². The van der Waals surface area contributed by atoms with Crippen LogP contribution in [0.2, 0.25) is 0 Å². The van der Waals surface area contributed by atoms with Crippen LogP contribution in [0.5, 0.6) is 0 Å². The summed E-state index contributed by atoms with van der Waals surface area (Å²) in [6.45, 7) is 7.12. The first kappa shape index (κ1) is 31.8. The molecule has 1 aromatic heterocycles.